The van der Waals surface area contributed by atoms with Gasteiger partial charge >= 0.3 is 0 Å². The fourth-order valence-corrected chi connectivity index (χ4v) is 4.39. The van der Waals surface area contributed by atoms with Gasteiger partial charge in [0.05, 0.1) is 11.9 Å². The molecule has 146 valence electrons. The highest BCUT2D eigenvalue weighted by molar-refractivity contribution is 7.10. The quantitative estimate of drug-likeness (QED) is 0.712. The van der Waals surface area contributed by atoms with Gasteiger partial charge in [0.25, 0.3) is 0 Å². The second kappa shape index (κ2) is 8.29. The molecule has 3 aromatic rings. The van der Waals surface area contributed by atoms with E-state index in [1.165, 1.54) is 5.56 Å². The van der Waals surface area contributed by atoms with Gasteiger partial charge in [0.2, 0.25) is 5.91 Å². The first-order chi connectivity index (χ1) is 13.6. The smallest absolute Gasteiger partial charge is 0.229 e. The van der Waals surface area contributed by atoms with Crippen molar-refractivity contribution >= 4 is 39.7 Å². The molecule has 1 saturated heterocycles. The number of fused-ring (bicyclic) bond motifs is 1. The molecule has 0 aliphatic carbocycles. The molecule has 0 radical (unpaired) electrons. The molecule has 1 aliphatic heterocycles. The van der Waals surface area contributed by atoms with Crippen LogP contribution < -0.4 is 10.2 Å². The molecule has 4 rings (SSSR count). The first-order valence-electron chi connectivity index (χ1n) is 9.83. The molecule has 0 atom stereocenters. The van der Waals surface area contributed by atoms with Crippen LogP contribution in [0.2, 0.25) is 0 Å². The number of hydrogen-bond donors (Lipinski definition) is 1. The number of benzene rings is 1. The maximum Gasteiger partial charge on any atom is 0.229 e. The van der Waals surface area contributed by atoms with Gasteiger partial charge in [0.15, 0.2) is 0 Å². The molecule has 1 N–H and O–H groups in total. The summed E-state index contributed by atoms with van der Waals surface area (Å²) in [5, 5.41) is 6.09. The van der Waals surface area contributed by atoms with Crippen molar-refractivity contribution in [2.24, 2.45) is 0 Å². The van der Waals surface area contributed by atoms with E-state index in [2.05, 4.69) is 35.0 Å². The number of aromatic nitrogens is 1. The van der Waals surface area contributed by atoms with Crippen molar-refractivity contribution in [1.29, 1.82) is 0 Å². The van der Waals surface area contributed by atoms with Crippen molar-refractivity contribution in [3.05, 3.63) is 52.2 Å². The summed E-state index contributed by atoms with van der Waals surface area (Å²) >= 11 is 1.60. The van der Waals surface area contributed by atoms with E-state index in [1.54, 1.807) is 11.3 Å². The van der Waals surface area contributed by atoms with Crippen LogP contribution in [0.15, 0.2) is 41.8 Å². The summed E-state index contributed by atoms with van der Waals surface area (Å²) < 4.78 is 0. The SMILES string of the molecule is CCN1CCN(c2cc(C)c3cc(NC(=O)Cc4cccs4)ccc3n2)CC1. The van der Waals surface area contributed by atoms with Gasteiger partial charge in [-0.1, -0.05) is 13.0 Å². The van der Waals surface area contributed by atoms with Gasteiger partial charge in [0, 0.05) is 42.1 Å². The Labute approximate surface area is 170 Å². The van der Waals surface area contributed by atoms with Crippen LogP contribution in [-0.4, -0.2) is 48.5 Å². The van der Waals surface area contributed by atoms with Gasteiger partial charge in [-0.2, -0.15) is 0 Å². The number of nitrogens with one attached hydrogen (secondary N) is 1. The molecule has 1 amide bonds. The van der Waals surface area contributed by atoms with Crippen LogP contribution in [0.4, 0.5) is 11.5 Å². The topological polar surface area (TPSA) is 48.5 Å². The Morgan fingerprint density at radius 2 is 2.00 bits per heavy atom. The highest BCUT2D eigenvalue weighted by Gasteiger charge is 2.18. The average molecular weight is 395 g/mol. The van der Waals surface area contributed by atoms with E-state index in [9.17, 15) is 4.79 Å². The van der Waals surface area contributed by atoms with E-state index in [4.69, 9.17) is 4.98 Å². The number of thiophene rings is 1. The van der Waals surface area contributed by atoms with E-state index < -0.39 is 0 Å². The minimum Gasteiger partial charge on any atom is -0.354 e. The molecule has 0 unspecified atom stereocenters. The third kappa shape index (κ3) is 4.18. The standard InChI is InChI=1S/C22H26N4OS/c1-3-25-8-10-26(11-9-25)21-13-16(2)19-14-17(6-7-20(19)24-21)23-22(27)15-18-5-4-12-28-18/h4-7,12-14H,3,8-11,15H2,1-2H3,(H,23,27). The highest BCUT2D eigenvalue weighted by Crippen LogP contribution is 2.26. The average Bonchev–Trinajstić information content (AvgIpc) is 3.21. The summed E-state index contributed by atoms with van der Waals surface area (Å²) in [5.74, 6) is 1.06. The molecule has 2 aromatic heterocycles. The van der Waals surface area contributed by atoms with Gasteiger partial charge in [-0.15, -0.1) is 11.3 Å². The van der Waals surface area contributed by atoms with Crippen LogP contribution in [-0.2, 0) is 11.2 Å². The molecule has 1 fully saturated rings. The third-order valence-electron chi connectivity index (χ3n) is 5.34. The number of nitrogens with zero attached hydrogens (tertiary/aromatic N) is 3. The predicted molar refractivity (Wildman–Crippen MR) is 117 cm³/mol. The van der Waals surface area contributed by atoms with Crippen LogP contribution >= 0.6 is 11.3 Å². The molecule has 5 nitrogen and oxygen atoms in total. The lowest BCUT2D eigenvalue weighted by Crippen LogP contribution is -2.46. The Morgan fingerprint density at radius 1 is 1.18 bits per heavy atom. The van der Waals surface area contributed by atoms with Crippen molar-refractivity contribution in [3.63, 3.8) is 0 Å². The minimum atomic E-state index is 0.0119. The molecule has 0 bridgehead atoms. The molecule has 0 spiro atoms. The number of anilines is 2. The van der Waals surface area contributed by atoms with Gasteiger partial charge < -0.3 is 15.1 Å². The normalized spacial score (nSPS) is 15.1. The summed E-state index contributed by atoms with van der Waals surface area (Å²) in [7, 11) is 0. The summed E-state index contributed by atoms with van der Waals surface area (Å²) in [5.41, 5.74) is 2.99. The van der Waals surface area contributed by atoms with Crippen molar-refractivity contribution in [2.75, 3.05) is 42.9 Å². The lowest BCUT2D eigenvalue weighted by Gasteiger charge is -2.35. The number of pyridine rings is 1. The Bertz CT molecular complexity index is 962. The number of piperazine rings is 1. The lowest BCUT2D eigenvalue weighted by molar-refractivity contribution is -0.115. The second-order valence-corrected chi connectivity index (χ2v) is 8.29. The number of likely N-dealkylation sites (N-methyl/N-ethyl adjacent to an activating group) is 1. The molecule has 28 heavy (non-hydrogen) atoms. The Kier molecular flexibility index (Phi) is 5.59. The van der Waals surface area contributed by atoms with Crippen LogP contribution in [0.1, 0.15) is 17.4 Å². The summed E-state index contributed by atoms with van der Waals surface area (Å²) in [6, 6.07) is 12.1. The predicted octanol–water partition coefficient (Wildman–Crippen LogP) is 3.93. The summed E-state index contributed by atoms with van der Waals surface area (Å²) in [6.45, 7) is 9.65. The Morgan fingerprint density at radius 3 is 2.71 bits per heavy atom. The van der Waals surface area contributed by atoms with Gasteiger partial charge in [-0.25, -0.2) is 4.98 Å². The third-order valence-corrected chi connectivity index (χ3v) is 6.22. The zero-order valence-corrected chi connectivity index (χ0v) is 17.3. The van der Waals surface area contributed by atoms with E-state index in [0.717, 1.165) is 60.0 Å². The molecule has 6 heteroatoms. The zero-order chi connectivity index (χ0) is 19.5. The van der Waals surface area contributed by atoms with Crippen molar-refractivity contribution in [3.8, 4) is 0 Å². The first-order valence-corrected chi connectivity index (χ1v) is 10.7. The summed E-state index contributed by atoms with van der Waals surface area (Å²) in [4.78, 5) is 23.1. The molecule has 0 saturated carbocycles. The zero-order valence-electron chi connectivity index (χ0n) is 16.4. The molecular weight excluding hydrogens is 368 g/mol. The maximum atomic E-state index is 12.3. The number of carbonyl (C=O) groups excluding carboxylic acids is 1. The molecule has 3 heterocycles. The van der Waals surface area contributed by atoms with E-state index in [-0.39, 0.29) is 5.91 Å². The van der Waals surface area contributed by atoms with E-state index in [1.807, 2.05) is 35.7 Å². The highest BCUT2D eigenvalue weighted by atomic mass is 32.1. The van der Waals surface area contributed by atoms with Crippen LogP contribution in [0.5, 0.6) is 0 Å². The monoisotopic (exact) mass is 394 g/mol. The van der Waals surface area contributed by atoms with E-state index in [0.29, 0.717) is 6.42 Å². The van der Waals surface area contributed by atoms with Crippen molar-refractivity contribution in [2.45, 2.75) is 20.3 Å². The van der Waals surface area contributed by atoms with Crippen molar-refractivity contribution < 1.29 is 4.79 Å². The van der Waals surface area contributed by atoms with Crippen LogP contribution in [0, 0.1) is 6.92 Å². The fourth-order valence-electron chi connectivity index (χ4n) is 3.69. The minimum absolute atomic E-state index is 0.0119. The molecule has 1 aromatic carbocycles. The maximum absolute atomic E-state index is 12.3. The summed E-state index contributed by atoms with van der Waals surface area (Å²) in [6.07, 6.45) is 0.412. The second-order valence-electron chi connectivity index (χ2n) is 7.25. The lowest BCUT2D eigenvalue weighted by atomic mass is 10.1. The first kappa shape index (κ1) is 18.9. The van der Waals surface area contributed by atoms with Crippen molar-refractivity contribution in [1.82, 2.24) is 9.88 Å². The number of rotatable bonds is 5. The number of hydrogen-bond acceptors (Lipinski definition) is 5. The van der Waals surface area contributed by atoms with Crippen LogP contribution in [0.25, 0.3) is 10.9 Å². The molecular formula is C22H26N4OS. The fraction of sp³-hybridized carbons (Fsp3) is 0.364. The van der Waals surface area contributed by atoms with Gasteiger partial charge in [0.1, 0.15) is 5.82 Å². The Balaban J connectivity index is 1.50. The molecule has 1 aliphatic rings. The number of carbonyl (C=O) groups is 1. The largest absolute Gasteiger partial charge is 0.354 e. The van der Waals surface area contributed by atoms with Gasteiger partial charge in [-0.05, 0) is 54.7 Å². The van der Waals surface area contributed by atoms with Gasteiger partial charge in [-0.3, -0.25) is 4.79 Å². The number of aryl methyl sites for hydroxylation is 1. The Hall–Kier alpha value is -2.44. The number of amides is 1. The van der Waals surface area contributed by atoms with E-state index >= 15 is 0 Å². The van der Waals surface area contributed by atoms with Crippen LogP contribution in [0.3, 0.4) is 0 Å².